The smallest absolute Gasteiger partial charge is 0.409 e. The third-order valence-electron chi connectivity index (χ3n) is 3.86. The van der Waals surface area contributed by atoms with Crippen LogP contribution in [-0.4, -0.2) is 47.1 Å². The predicted molar refractivity (Wildman–Crippen MR) is 86.2 cm³/mol. The van der Waals surface area contributed by atoms with Crippen LogP contribution in [0.3, 0.4) is 0 Å². The molecule has 0 aromatic carbocycles. The number of anilines is 1. The maximum absolute atomic E-state index is 12.5. The van der Waals surface area contributed by atoms with E-state index in [0.717, 1.165) is 18.5 Å². The summed E-state index contributed by atoms with van der Waals surface area (Å²) in [5, 5.41) is 2.86. The number of amides is 2. The highest BCUT2D eigenvalue weighted by Gasteiger charge is 2.29. The van der Waals surface area contributed by atoms with Gasteiger partial charge in [-0.1, -0.05) is 13.8 Å². The Morgan fingerprint density at radius 3 is 2.78 bits per heavy atom. The van der Waals surface area contributed by atoms with Crippen LogP contribution in [0.1, 0.15) is 44.1 Å². The molecule has 0 radical (unpaired) electrons. The van der Waals surface area contributed by atoms with Gasteiger partial charge in [0.1, 0.15) is 11.6 Å². The number of hydrogen-bond acceptors (Lipinski definition) is 5. The van der Waals surface area contributed by atoms with Crippen molar-refractivity contribution >= 4 is 17.8 Å². The molecule has 23 heavy (non-hydrogen) atoms. The van der Waals surface area contributed by atoms with E-state index in [4.69, 9.17) is 4.74 Å². The second kappa shape index (κ2) is 7.39. The number of likely N-dealkylation sites (tertiary alicyclic amines) is 1. The Kier molecular flexibility index (Phi) is 5.52. The van der Waals surface area contributed by atoms with Gasteiger partial charge in [-0.3, -0.25) is 4.79 Å². The average molecular weight is 320 g/mol. The lowest BCUT2D eigenvalue weighted by atomic mass is 9.97. The molecule has 7 heteroatoms. The number of carbonyl (C=O) groups is 2. The third-order valence-corrected chi connectivity index (χ3v) is 3.86. The normalized spacial score (nSPS) is 18.0. The number of methoxy groups -OCH3 is 1. The van der Waals surface area contributed by atoms with Crippen molar-refractivity contribution in [3.8, 4) is 0 Å². The van der Waals surface area contributed by atoms with Crippen LogP contribution < -0.4 is 5.32 Å². The molecule has 1 aromatic heterocycles. The summed E-state index contributed by atoms with van der Waals surface area (Å²) in [7, 11) is 1.35. The van der Waals surface area contributed by atoms with E-state index in [0.29, 0.717) is 24.7 Å². The summed E-state index contributed by atoms with van der Waals surface area (Å²) in [6.45, 7) is 6.90. The number of carbonyl (C=O) groups excluding carboxylic acids is 2. The zero-order valence-corrected chi connectivity index (χ0v) is 14.1. The van der Waals surface area contributed by atoms with Crippen molar-refractivity contribution in [1.82, 2.24) is 14.9 Å². The van der Waals surface area contributed by atoms with Gasteiger partial charge >= 0.3 is 6.09 Å². The van der Waals surface area contributed by atoms with Crippen molar-refractivity contribution < 1.29 is 14.3 Å². The van der Waals surface area contributed by atoms with Crippen LogP contribution in [0.4, 0.5) is 10.6 Å². The van der Waals surface area contributed by atoms with E-state index in [-0.39, 0.29) is 23.8 Å². The summed E-state index contributed by atoms with van der Waals surface area (Å²) in [6, 6.07) is 1.75. The lowest BCUT2D eigenvalue weighted by Crippen LogP contribution is -2.43. The van der Waals surface area contributed by atoms with Crippen molar-refractivity contribution in [2.45, 2.75) is 39.5 Å². The molecule has 1 aliphatic heterocycles. The number of nitrogens with zero attached hydrogens (tertiary/aromatic N) is 3. The molecular weight excluding hydrogens is 296 g/mol. The van der Waals surface area contributed by atoms with Gasteiger partial charge in [-0.2, -0.15) is 0 Å². The minimum atomic E-state index is -0.387. The molecule has 2 amide bonds. The highest BCUT2D eigenvalue weighted by molar-refractivity contribution is 5.92. The molecule has 1 N–H and O–H groups in total. The van der Waals surface area contributed by atoms with Gasteiger partial charge in [-0.25, -0.2) is 14.8 Å². The van der Waals surface area contributed by atoms with Gasteiger partial charge in [-0.05, 0) is 19.8 Å². The SMILES string of the molecule is COC(=O)N1CCC[C@H](C(=O)Nc2cc(C)nc(C(C)C)n2)C1. The summed E-state index contributed by atoms with van der Waals surface area (Å²) in [5.74, 6) is 1.05. The Labute approximate surface area is 136 Å². The van der Waals surface area contributed by atoms with Crippen LogP contribution in [0.5, 0.6) is 0 Å². The summed E-state index contributed by atoms with van der Waals surface area (Å²) in [5.41, 5.74) is 0.818. The first kappa shape index (κ1) is 17.2. The molecule has 0 saturated carbocycles. The fraction of sp³-hybridized carbons (Fsp3) is 0.625. The minimum Gasteiger partial charge on any atom is -0.453 e. The first-order valence-corrected chi connectivity index (χ1v) is 7.90. The average Bonchev–Trinajstić information content (AvgIpc) is 2.53. The molecule has 7 nitrogen and oxygen atoms in total. The molecule has 2 rings (SSSR count). The van der Waals surface area contributed by atoms with E-state index in [9.17, 15) is 9.59 Å². The fourth-order valence-electron chi connectivity index (χ4n) is 2.63. The summed E-state index contributed by atoms with van der Waals surface area (Å²) in [6.07, 6.45) is 1.15. The Hall–Kier alpha value is -2.18. The molecule has 2 heterocycles. The fourth-order valence-corrected chi connectivity index (χ4v) is 2.63. The van der Waals surface area contributed by atoms with Gasteiger partial charge in [0.2, 0.25) is 5.91 Å². The van der Waals surface area contributed by atoms with E-state index in [1.54, 1.807) is 11.0 Å². The Morgan fingerprint density at radius 1 is 1.39 bits per heavy atom. The monoisotopic (exact) mass is 320 g/mol. The van der Waals surface area contributed by atoms with Crippen LogP contribution in [0.2, 0.25) is 0 Å². The second-order valence-electron chi connectivity index (χ2n) is 6.15. The Bertz CT molecular complexity index is 589. The number of hydrogen-bond donors (Lipinski definition) is 1. The standard InChI is InChI=1S/C16H24N4O3/c1-10(2)14-17-11(3)8-13(18-14)19-15(21)12-6-5-7-20(9-12)16(22)23-4/h8,10,12H,5-7,9H2,1-4H3,(H,17,18,19,21)/t12-/m0/s1. The molecule has 1 fully saturated rings. The Morgan fingerprint density at radius 2 is 2.13 bits per heavy atom. The minimum absolute atomic E-state index is 0.119. The van der Waals surface area contributed by atoms with Gasteiger partial charge in [0.25, 0.3) is 0 Å². The predicted octanol–water partition coefficient (Wildman–Crippen LogP) is 2.33. The molecule has 0 aliphatic carbocycles. The third kappa shape index (κ3) is 4.40. The molecule has 126 valence electrons. The molecule has 1 saturated heterocycles. The van der Waals surface area contributed by atoms with Gasteiger partial charge in [0.05, 0.1) is 13.0 Å². The first-order chi connectivity index (χ1) is 10.9. The van der Waals surface area contributed by atoms with E-state index in [2.05, 4.69) is 15.3 Å². The topological polar surface area (TPSA) is 84.4 Å². The Balaban J connectivity index is 2.05. The maximum Gasteiger partial charge on any atom is 0.409 e. The number of nitrogens with one attached hydrogen (secondary N) is 1. The van der Waals surface area contributed by atoms with Crippen molar-refractivity contribution in [3.05, 3.63) is 17.6 Å². The van der Waals surface area contributed by atoms with Gasteiger partial charge in [0.15, 0.2) is 0 Å². The maximum atomic E-state index is 12.5. The van der Waals surface area contributed by atoms with Crippen LogP contribution in [0, 0.1) is 12.8 Å². The second-order valence-corrected chi connectivity index (χ2v) is 6.15. The zero-order valence-electron chi connectivity index (χ0n) is 14.1. The van der Waals surface area contributed by atoms with Crippen LogP contribution in [-0.2, 0) is 9.53 Å². The molecule has 1 aromatic rings. The van der Waals surface area contributed by atoms with E-state index in [1.807, 2.05) is 20.8 Å². The van der Waals surface area contributed by atoms with Crippen molar-refractivity contribution in [3.63, 3.8) is 0 Å². The first-order valence-electron chi connectivity index (χ1n) is 7.90. The molecule has 0 unspecified atom stereocenters. The molecular formula is C16H24N4O3. The number of ether oxygens (including phenoxy) is 1. The van der Waals surface area contributed by atoms with Crippen LogP contribution in [0.25, 0.3) is 0 Å². The zero-order chi connectivity index (χ0) is 17.0. The molecule has 1 atom stereocenters. The largest absolute Gasteiger partial charge is 0.453 e. The number of rotatable bonds is 3. The molecule has 0 bridgehead atoms. The summed E-state index contributed by atoms with van der Waals surface area (Å²) in [4.78, 5) is 34.4. The van der Waals surface area contributed by atoms with Crippen molar-refractivity contribution in [2.75, 3.05) is 25.5 Å². The van der Waals surface area contributed by atoms with Crippen molar-refractivity contribution in [2.24, 2.45) is 5.92 Å². The lowest BCUT2D eigenvalue weighted by molar-refractivity contribution is -0.121. The lowest BCUT2D eigenvalue weighted by Gasteiger charge is -2.30. The van der Waals surface area contributed by atoms with Gasteiger partial charge < -0.3 is 15.0 Å². The molecule has 0 spiro atoms. The summed E-state index contributed by atoms with van der Waals surface area (Å²) >= 11 is 0. The van der Waals surface area contributed by atoms with Gasteiger partial charge in [0, 0.05) is 30.8 Å². The number of aryl methyl sites for hydroxylation is 1. The van der Waals surface area contributed by atoms with Crippen molar-refractivity contribution in [1.29, 1.82) is 0 Å². The quantitative estimate of drug-likeness (QED) is 0.924. The summed E-state index contributed by atoms with van der Waals surface area (Å²) < 4.78 is 4.73. The molecule has 1 aliphatic rings. The van der Waals surface area contributed by atoms with E-state index >= 15 is 0 Å². The van der Waals surface area contributed by atoms with Gasteiger partial charge in [-0.15, -0.1) is 0 Å². The van der Waals surface area contributed by atoms with Crippen LogP contribution >= 0.6 is 0 Å². The van der Waals surface area contributed by atoms with Crippen LogP contribution in [0.15, 0.2) is 6.07 Å². The number of piperidine rings is 1. The van der Waals surface area contributed by atoms with E-state index < -0.39 is 0 Å². The highest BCUT2D eigenvalue weighted by Crippen LogP contribution is 2.20. The number of aromatic nitrogens is 2. The highest BCUT2D eigenvalue weighted by atomic mass is 16.5. The van der Waals surface area contributed by atoms with E-state index in [1.165, 1.54) is 7.11 Å².